The Morgan fingerprint density at radius 3 is 2.40 bits per heavy atom. The second-order valence-corrected chi connectivity index (χ2v) is 5.27. The van der Waals surface area contributed by atoms with E-state index in [0.717, 1.165) is 5.56 Å². The lowest BCUT2D eigenvalue weighted by molar-refractivity contribution is -0.125. The number of nitrogens with one attached hydrogen (secondary N) is 3. The average Bonchev–Trinajstić information content (AvgIpc) is 2.63. The van der Waals surface area contributed by atoms with Gasteiger partial charge < -0.3 is 32.2 Å². The second kappa shape index (κ2) is 11.0. The van der Waals surface area contributed by atoms with Crippen LogP contribution in [0.3, 0.4) is 0 Å². The smallest absolute Gasteiger partial charge is 0.407 e. The molecule has 0 aromatic heterocycles. The van der Waals surface area contributed by atoms with Crippen molar-refractivity contribution in [2.24, 2.45) is 11.5 Å². The van der Waals surface area contributed by atoms with Crippen LogP contribution in [-0.2, 0) is 20.9 Å². The molecule has 9 nitrogen and oxygen atoms in total. The number of ether oxygens (including phenoxy) is 1. The Morgan fingerprint density at radius 2 is 1.84 bits per heavy atom. The van der Waals surface area contributed by atoms with Gasteiger partial charge in [-0.1, -0.05) is 12.1 Å². The van der Waals surface area contributed by atoms with Crippen molar-refractivity contribution in [1.82, 2.24) is 10.6 Å². The molecule has 0 unspecified atom stereocenters. The van der Waals surface area contributed by atoms with E-state index < -0.39 is 18.0 Å². The predicted molar refractivity (Wildman–Crippen MR) is 93.6 cm³/mol. The highest BCUT2D eigenvalue weighted by Crippen LogP contribution is 2.12. The second-order valence-electron chi connectivity index (χ2n) is 5.27. The maximum absolute atomic E-state index is 12.3. The number of amides is 3. The van der Waals surface area contributed by atoms with Crippen LogP contribution < -0.4 is 27.4 Å². The molecule has 0 radical (unpaired) electrons. The maximum Gasteiger partial charge on any atom is 0.407 e. The van der Waals surface area contributed by atoms with Crippen molar-refractivity contribution >= 4 is 23.6 Å². The molecule has 0 heterocycles. The molecule has 0 saturated carbocycles. The van der Waals surface area contributed by atoms with Gasteiger partial charge in [-0.2, -0.15) is 0 Å². The number of carbonyl (C=O) groups excluding carboxylic acids is 3. The van der Waals surface area contributed by atoms with Crippen molar-refractivity contribution in [3.8, 4) is 0 Å². The van der Waals surface area contributed by atoms with E-state index in [2.05, 4.69) is 16.0 Å². The van der Waals surface area contributed by atoms with E-state index in [-0.39, 0.29) is 19.1 Å². The van der Waals surface area contributed by atoms with Crippen molar-refractivity contribution in [2.75, 3.05) is 25.5 Å². The summed E-state index contributed by atoms with van der Waals surface area (Å²) < 4.78 is 4.93. The maximum atomic E-state index is 12.3. The fourth-order valence-electron chi connectivity index (χ4n) is 1.98. The first-order valence-corrected chi connectivity index (χ1v) is 7.94. The first-order valence-electron chi connectivity index (χ1n) is 7.94. The third-order valence-electron chi connectivity index (χ3n) is 3.33. The highest BCUT2D eigenvalue weighted by atomic mass is 16.5. The molecule has 0 fully saturated rings. The van der Waals surface area contributed by atoms with Crippen molar-refractivity contribution in [3.05, 3.63) is 29.8 Å². The first kappa shape index (κ1) is 20.4. The van der Waals surface area contributed by atoms with Crippen LogP contribution in [0.2, 0.25) is 0 Å². The highest BCUT2D eigenvalue weighted by molar-refractivity contribution is 5.97. The SMILES string of the molecule is CNC(=O)OCc1ccc(NC(=O)[C@H](CCCN)NC(=O)CN)cc1. The van der Waals surface area contributed by atoms with Gasteiger partial charge in [-0.3, -0.25) is 9.59 Å². The van der Waals surface area contributed by atoms with Gasteiger partial charge in [-0.15, -0.1) is 0 Å². The van der Waals surface area contributed by atoms with Gasteiger partial charge in [0.15, 0.2) is 0 Å². The quantitative estimate of drug-likeness (QED) is 0.411. The number of alkyl carbamates (subject to hydrolysis) is 1. The molecule has 1 rings (SSSR count). The predicted octanol–water partition coefficient (Wildman–Crippen LogP) is -0.336. The summed E-state index contributed by atoms with van der Waals surface area (Å²) in [5.41, 5.74) is 12.1. The van der Waals surface area contributed by atoms with Gasteiger partial charge >= 0.3 is 6.09 Å². The van der Waals surface area contributed by atoms with E-state index in [4.69, 9.17) is 16.2 Å². The van der Waals surface area contributed by atoms with Gasteiger partial charge in [0.2, 0.25) is 11.8 Å². The summed E-state index contributed by atoms with van der Waals surface area (Å²) in [4.78, 5) is 34.8. The van der Waals surface area contributed by atoms with Gasteiger partial charge in [0.05, 0.1) is 6.54 Å². The minimum atomic E-state index is -0.698. The Morgan fingerprint density at radius 1 is 1.16 bits per heavy atom. The fraction of sp³-hybridized carbons (Fsp3) is 0.438. The Kier molecular flexibility index (Phi) is 8.97. The van der Waals surface area contributed by atoms with Crippen molar-refractivity contribution in [1.29, 1.82) is 0 Å². The number of hydrogen-bond donors (Lipinski definition) is 5. The van der Waals surface area contributed by atoms with E-state index in [1.165, 1.54) is 7.05 Å². The Balaban J connectivity index is 2.63. The minimum Gasteiger partial charge on any atom is -0.445 e. The van der Waals surface area contributed by atoms with Crippen LogP contribution in [0.25, 0.3) is 0 Å². The number of carbonyl (C=O) groups is 3. The zero-order valence-corrected chi connectivity index (χ0v) is 14.2. The largest absolute Gasteiger partial charge is 0.445 e. The molecule has 0 spiro atoms. The fourth-order valence-corrected chi connectivity index (χ4v) is 1.98. The van der Waals surface area contributed by atoms with Crippen LogP contribution in [0.5, 0.6) is 0 Å². The summed E-state index contributed by atoms with van der Waals surface area (Å²) in [5.74, 6) is -0.747. The Labute approximate surface area is 146 Å². The lowest BCUT2D eigenvalue weighted by Crippen LogP contribution is -2.46. The zero-order valence-electron chi connectivity index (χ0n) is 14.2. The average molecular weight is 351 g/mol. The monoisotopic (exact) mass is 351 g/mol. The van der Waals surface area contributed by atoms with Crippen LogP contribution in [0.4, 0.5) is 10.5 Å². The van der Waals surface area contributed by atoms with Gasteiger partial charge in [-0.25, -0.2) is 4.79 Å². The summed E-state index contributed by atoms with van der Waals surface area (Å²) in [6, 6.07) is 6.13. The normalized spacial score (nSPS) is 11.3. The summed E-state index contributed by atoms with van der Waals surface area (Å²) in [7, 11) is 1.48. The van der Waals surface area contributed by atoms with Crippen LogP contribution in [0.1, 0.15) is 18.4 Å². The molecular formula is C16H25N5O4. The van der Waals surface area contributed by atoms with E-state index >= 15 is 0 Å². The van der Waals surface area contributed by atoms with Crippen molar-refractivity contribution in [2.45, 2.75) is 25.5 Å². The van der Waals surface area contributed by atoms with Crippen LogP contribution in [0, 0.1) is 0 Å². The lowest BCUT2D eigenvalue weighted by Gasteiger charge is -2.18. The molecule has 0 aliphatic heterocycles. The molecule has 0 aliphatic carbocycles. The van der Waals surface area contributed by atoms with Crippen LogP contribution in [-0.4, -0.2) is 44.1 Å². The van der Waals surface area contributed by atoms with Gasteiger partial charge in [0.25, 0.3) is 0 Å². The van der Waals surface area contributed by atoms with Crippen molar-refractivity contribution < 1.29 is 19.1 Å². The summed E-state index contributed by atoms with van der Waals surface area (Å²) in [5, 5.41) is 7.66. The first-order chi connectivity index (χ1) is 12.0. The highest BCUT2D eigenvalue weighted by Gasteiger charge is 2.19. The summed E-state index contributed by atoms with van der Waals surface area (Å²) in [6.07, 6.45) is 0.501. The number of benzene rings is 1. The van der Waals surface area contributed by atoms with Crippen molar-refractivity contribution in [3.63, 3.8) is 0 Å². The number of nitrogens with two attached hydrogens (primary N) is 2. The Bertz CT molecular complexity index is 576. The summed E-state index contributed by atoms with van der Waals surface area (Å²) >= 11 is 0. The lowest BCUT2D eigenvalue weighted by atomic mass is 10.1. The van der Waals surface area contributed by atoms with E-state index in [1.807, 2.05) is 0 Å². The molecule has 1 aromatic rings. The molecule has 0 bridgehead atoms. The Hall–Kier alpha value is -2.65. The standard InChI is InChI=1S/C16H25N5O4/c1-19-16(24)25-10-11-4-6-12(7-5-11)20-15(23)13(3-2-8-17)21-14(22)9-18/h4-7,13H,2-3,8-10,17-18H2,1H3,(H,19,24)(H,20,23)(H,21,22)/t13-/m0/s1. The topological polar surface area (TPSA) is 149 Å². The third kappa shape index (κ3) is 7.64. The molecule has 9 heteroatoms. The van der Waals surface area contributed by atoms with Crippen LogP contribution in [0.15, 0.2) is 24.3 Å². The molecule has 1 atom stereocenters. The van der Waals surface area contributed by atoms with Crippen LogP contribution >= 0.6 is 0 Å². The molecule has 7 N–H and O–H groups in total. The summed E-state index contributed by atoms with van der Waals surface area (Å²) in [6.45, 7) is 0.355. The number of hydrogen-bond acceptors (Lipinski definition) is 6. The van der Waals surface area contributed by atoms with E-state index in [0.29, 0.717) is 25.1 Å². The molecule has 3 amide bonds. The molecule has 0 saturated heterocycles. The molecule has 25 heavy (non-hydrogen) atoms. The van der Waals surface area contributed by atoms with Gasteiger partial charge in [0.1, 0.15) is 12.6 Å². The van der Waals surface area contributed by atoms with Gasteiger partial charge in [0, 0.05) is 12.7 Å². The third-order valence-corrected chi connectivity index (χ3v) is 3.33. The number of anilines is 1. The van der Waals surface area contributed by atoms with E-state index in [9.17, 15) is 14.4 Å². The number of rotatable bonds is 9. The molecule has 138 valence electrons. The van der Waals surface area contributed by atoms with Gasteiger partial charge in [-0.05, 0) is 37.1 Å². The minimum absolute atomic E-state index is 0.125. The van der Waals surface area contributed by atoms with E-state index in [1.54, 1.807) is 24.3 Å². The zero-order chi connectivity index (χ0) is 18.7. The molecule has 0 aliphatic rings. The molecular weight excluding hydrogens is 326 g/mol. The molecule has 1 aromatic carbocycles.